The van der Waals surface area contributed by atoms with Crippen LogP contribution in [0.3, 0.4) is 0 Å². The number of hydrogen-bond donors (Lipinski definition) is 2. The van der Waals surface area contributed by atoms with Gasteiger partial charge in [-0.05, 0) is 38.8 Å². The maximum atomic E-state index is 11.6. The summed E-state index contributed by atoms with van der Waals surface area (Å²) in [6, 6.07) is 0.0663. The summed E-state index contributed by atoms with van der Waals surface area (Å²) in [6.45, 7) is 6.25. The SMILES string of the molecule is CCCS(=O)(=O)NC1CCN(CC(O)CC)CC1. The summed E-state index contributed by atoms with van der Waals surface area (Å²) in [5.74, 6) is 0.210. The standard InChI is InChI=1S/C12H26N2O3S/c1-3-9-18(16,17)13-11-5-7-14(8-6-11)10-12(15)4-2/h11-13,15H,3-10H2,1-2H3. The summed E-state index contributed by atoms with van der Waals surface area (Å²) in [6.07, 6.45) is 2.82. The van der Waals surface area contributed by atoms with E-state index in [4.69, 9.17) is 0 Å². The number of aliphatic hydroxyl groups excluding tert-OH is 1. The van der Waals surface area contributed by atoms with Gasteiger partial charge in [0.1, 0.15) is 0 Å². The average Bonchev–Trinajstić information content (AvgIpc) is 2.31. The van der Waals surface area contributed by atoms with Crippen LogP contribution in [0.4, 0.5) is 0 Å². The number of aliphatic hydroxyl groups is 1. The number of hydrogen-bond acceptors (Lipinski definition) is 4. The number of likely N-dealkylation sites (tertiary alicyclic amines) is 1. The quantitative estimate of drug-likeness (QED) is 0.713. The zero-order valence-corrected chi connectivity index (χ0v) is 12.2. The lowest BCUT2D eigenvalue weighted by Crippen LogP contribution is -2.46. The molecule has 0 aliphatic carbocycles. The Morgan fingerprint density at radius 3 is 2.44 bits per heavy atom. The first-order chi connectivity index (χ1) is 8.46. The molecule has 1 aliphatic rings. The predicted molar refractivity (Wildman–Crippen MR) is 73.0 cm³/mol. The molecule has 0 aromatic rings. The summed E-state index contributed by atoms with van der Waals surface area (Å²) >= 11 is 0. The van der Waals surface area contributed by atoms with Gasteiger partial charge in [0, 0.05) is 12.6 Å². The monoisotopic (exact) mass is 278 g/mol. The Kier molecular flexibility index (Phi) is 6.55. The first-order valence-corrected chi connectivity index (χ1v) is 8.52. The highest BCUT2D eigenvalue weighted by Gasteiger charge is 2.23. The van der Waals surface area contributed by atoms with Crippen LogP contribution in [0.25, 0.3) is 0 Å². The van der Waals surface area contributed by atoms with E-state index < -0.39 is 10.0 Å². The number of piperidine rings is 1. The molecule has 1 fully saturated rings. The van der Waals surface area contributed by atoms with Gasteiger partial charge in [-0.25, -0.2) is 13.1 Å². The summed E-state index contributed by atoms with van der Waals surface area (Å²) in [4.78, 5) is 2.21. The van der Waals surface area contributed by atoms with Crippen molar-refractivity contribution in [2.24, 2.45) is 0 Å². The van der Waals surface area contributed by atoms with Crippen LogP contribution in [0.5, 0.6) is 0 Å². The molecule has 1 saturated heterocycles. The van der Waals surface area contributed by atoms with Gasteiger partial charge in [0.15, 0.2) is 0 Å². The molecule has 6 heteroatoms. The number of rotatable bonds is 7. The molecule has 0 saturated carbocycles. The fourth-order valence-electron chi connectivity index (χ4n) is 2.24. The smallest absolute Gasteiger partial charge is 0.211 e. The van der Waals surface area contributed by atoms with Gasteiger partial charge in [-0.1, -0.05) is 13.8 Å². The molecule has 1 aliphatic heterocycles. The molecular weight excluding hydrogens is 252 g/mol. The first kappa shape index (κ1) is 15.9. The second-order valence-corrected chi connectivity index (χ2v) is 6.95. The highest BCUT2D eigenvalue weighted by molar-refractivity contribution is 7.89. The van der Waals surface area contributed by atoms with Gasteiger partial charge in [0.05, 0.1) is 11.9 Å². The van der Waals surface area contributed by atoms with Gasteiger partial charge in [0.25, 0.3) is 0 Å². The van der Waals surface area contributed by atoms with Crippen molar-refractivity contribution < 1.29 is 13.5 Å². The van der Waals surface area contributed by atoms with Crippen molar-refractivity contribution in [1.82, 2.24) is 9.62 Å². The van der Waals surface area contributed by atoms with Gasteiger partial charge in [-0.15, -0.1) is 0 Å². The number of nitrogens with zero attached hydrogens (tertiary/aromatic N) is 1. The highest BCUT2D eigenvalue weighted by atomic mass is 32.2. The minimum atomic E-state index is -3.09. The molecule has 0 bridgehead atoms. The molecule has 1 heterocycles. The Bertz CT molecular complexity index is 324. The Labute approximate surface area is 111 Å². The second-order valence-electron chi connectivity index (χ2n) is 5.07. The zero-order valence-electron chi connectivity index (χ0n) is 11.4. The van der Waals surface area contributed by atoms with E-state index in [9.17, 15) is 13.5 Å². The molecule has 5 nitrogen and oxygen atoms in total. The lowest BCUT2D eigenvalue weighted by atomic mass is 10.1. The topological polar surface area (TPSA) is 69.6 Å². The molecule has 1 atom stereocenters. The Morgan fingerprint density at radius 2 is 1.94 bits per heavy atom. The Balaban J connectivity index is 2.31. The first-order valence-electron chi connectivity index (χ1n) is 6.87. The molecule has 2 N–H and O–H groups in total. The lowest BCUT2D eigenvalue weighted by Gasteiger charge is -2.33. The minimum absolute atomic E-state index is 0.0663. The van der Waals surface area contributed by atoms with E-state index in [2.05, 4.69) is 9.62 Å². The highest BCUT2D eigenvalue weighted by Crippen LogP contribution is 2.12. The molecule has 0 radical (unpaired) electrons. The molecule has 0 amide bonds. The van der Waals surface area contributed by atoms with Crippen LogP contribution in [-0.4, -0.2) is 56.0 Å². The molecule has 108 valence electrons. The van der Waals surface area contributed by atoms with Crippen LogP contribution >= 0.6 is 0 Å². The molecule has 0 spiro atoms. The molecule has 18 heavy (non-hydrogen) atoms. The lowest BCUT2D eigenvalue weighted by molar-refractivity contribution is 0.0935. The third-order valence-electron chi connectivity index (χ3n) is 3.35. The summed E-state index contributed by atoms with van der Waals surface area (Å²) in [5.41, 5.74) is 0. The van der Waals surface area contributed by atoms with Crippen molar-refractivity contribution in [3.8, 4) is 0 Å². The van der Waals surface area contributed by atoms with Gasteiger partial charge < -0.3 is 10.0 Å². The normalized spacial score (nSPS) is 21.1. The van der Waals surface area contributed by atoms with E-state index >= 15 is 0 Å². The van der Waals surface area contributed by atoms with Crippen LogP contribution in [0.2, 0.25) is 0 Å². The average molecular weight is 278 g/mol. The van der Waals surface area contributed by atoms with Crippen molar-refractivity contribution >= 4 is 10.0 Å². The number of sulfonamides is 1. The fraction of sp³-hybridized carbons (Fsp3) is 1.00. The summed E-state index contributed by atoms with van der Waals surface area (Å²) in [7, 11) is -3.09. The Morgan fingerprint density at radius 1 is 1.33 bits per heavy atom. The third kappa shape index (κ3) is 5.65. The molecule has 0 aromatic heterocycles. The summed E-state index contributed by atoms with van der Waals surface area (Å²) in [5, 5.41) is 9.58. The predicted octanol–water partition coefficient (Wildman–Crippen LogP) is 0.551. The van der Waals surface area contributed by atoms with E-state index in [1.165, 1.54) is 0 Å². The van der Waals surface area contributed by atoms with E-state index in [0.29, 0.717) is 13.0 Å². The number of nitrogens with one attached hydrogen (secondary N) is 1. The van der Waals surface area contributed by atoms with E-state index in [1.54, 1.807) is 0 Å². The second kappa shape index (κ2) is 7.43. The molecule has 1 rings (SSSR count). The molecule has 0 aromatic carbocycles. The van der Waals surface area contributed by atoms with Crippen LogP contribution < -0.4 is 4.72 Å². The molecule has 1 unspecified atom stereocenters. The zero-order chi connectivity index (χ0) is 13.6. The van der Waals surface area contributed by atoms with Crippen molar-refractivity contribution in [3.05, 3.63) is 0 Å². The van der Waals surface area contributed by atoms with Gasteiger partial charge in [-0.3, -0.25) is 0 Å². The molecular formula is C12H26N2O3S. The third-order valence-corrected chi connectivity index (χ3v) is 4.99. The minimum Gasteiger partial charge on any atom is -0.392 e. The Hall–Kier alpha value is -0.170. The van der Waals surface area contributed by atoms with Gasteiger partial charge >= 0.3 is 0 Å². The van der Waals surface area contributed by atoms with Crippen molar-refractivity contribution in [3.63, 3.8) is 0 Å². The van der Waals surface area contributed by atoms with Crippen molar-refractivity contribution in [2.45, 2.75) is 51.7 Å². The van der Waals surface area contributed by atoms with E-state index in [0.717, 1.165) is 32.4 Å². The van der Waals surface area contributed by atoms with E-state index in [1.807, 2.05) is 13.8 Å². The van der Waals surface area contributed by atoms with E-state index in [-0.39, 0.29) is 17.9 Å². The van der Waals surface area contributed by atoms with Crippen molar-refractivity contribution in [1.29, 1.82) is 0 Å². The number of β-amino-alcohol motifs (C(OH)–C–C–N with tert-alkyl or cyclic N) is 1. The van der Waals surface area contributed by atoms with Crippen LogP contribution in [0, 0.1) is 0 Å². The van der Waals surface area contributed by atoms with Gasteiger partial charge in [0.2, 0.25) is 10.0 Å². The van der Waals surface area contributed by atoms with Crippen LogP contribution in [-0.2, 0) is 10.0 Å². The maximum absolute atomic E-state index is 11.6. The largest absolute Gasteiger partial charge is 0.392 e. The van der Waals surface area contributed by atoms with Crippen LogP contribution in [0.15, 0.2) is 0 Å². The van der Waals surface area contributed by atoms with Crippen molar-refractivity contribution in [2.75, 3.05) is 25.4 Å². The van der Waals surface area contributed by atoms with Gasteiger partial charge in [-0.2, -0.15) is 0 Å². The summed E-state index contributed by atoms with van der Waals surface area (Å²) < 4.78 is 26.0. The fourth-order valence-corrected chi connectivity index (χ4v) is 3.64. The van der Waals surface area contributed by atoms with Crippen LogP contribution in [0.1, 0.15) is 39.5 Å². The maximum Gasteiger partial charge on any atom is 0.211 e.